The molecule has 166 valence electrons. The number of halogens is 1. The molecule has 3 aliphatic heterocycles. The van der Waals surface area contributed by atoms with Gasteiger partial charge < -0.3 is 19.7 Å². The normalized spacial score (nSPS) is 24.9. The fraction of sp³-hybridized carbons (Fsp3) is 0.417. The minimum atomic E-state index is -0.289. The van der Waals surface area contributed by atoms with Gasteiger partial charge >= 0.3 is 0 Å². The maximum atomic E-state index is 14.5. The number of aryl methyl sites for hydroxylation is 1. The highest BCUT2D eigenvalue weighted by Crippen LogP contribution is 2.38. The smallest absolute Gasteiger partial charge is 0.163 e. The molecule has 8 heteroatoms. The first-order valence-electron chi connectivity index (χ1n) is 11.1. The van der Waals surface area contributed by atoms with Crippen LogP contribution in [0.2, 0.25) is 0 Å². The zero-order chi connectivity index (χ0) is 21.8. The Labute approximate surface area is 186 Å². The molecule has 32 heavy (non-hydrogen) atoms. The van der Waals surface area contributed by atoms with Crippen LogP contribution >= 0.6 is 0 Å². The lowest BCUT2D eigenvalue weighted by molar-refractivity contribution is 0.0417. The third-order valence-electron chi connectivity index (χ3n) is 6.93. The van der Waals surface area contributed by atoms with E-state index in [4.69, 9.17) is 9.47 Å². The molecule has 2 saturated heterocycles. The summed E-state index contributed by atoms with van der Waals surface area (Å²) < 4.78 is 26.9. The number of anilines is 2. The van der Waals surface area contributed by atoms with Gasteiger partial charge in [0.2, 0.25) is 0 Å². The lowest BCUT2D eigenvalue weighted by atomic mass is 10.1. The molecule has 0 spiro atoms. The van der Waals surface area contributed by atoms with E-state index in [9.17, 15) is 4.39 Å². The number of hydrogen-bond acceptors (Lipinski definition) is 7. The third kappa shape index (κ3) is 3.34. The van der Waals surface area contributed by atoms with Gasteiger partial charge in [-0.15, -0.1) is 0 Å². The number of nitrogens with zero attached hydrogens (tertiary/aromatic N) is 4. The summed E-state index contributed by atoms with van der Waals surface area (Å²) in [5.74, 6) is 1.61. The van der Waals surface area contributed by atoms with Crippen LogP contribution in [0, 0.1) is 12.7 Å². The van der Waals surface area contributed by atoms with Gasteiger partial charge in [0, 0.05) is 43.2 Å². The Morgan fingerprint density at radius 3 is 2.88 bits per heavy atom. The zero-order valence-corrected chi connectivity index (χ0v) is 18.2. The summed E-state index contributed by atoms with van der Waals surface area (Å²) in [6, 6.07) is 10.3. The standard InChI is InChI=1S/C24H26FN5O2/c1-14-4-3-5-19(23(14)25)28-24-18-7-22-21(8-20(18)26-13-27-24)31-12-17(32-22)11-30-10-15-6-16(30)9-29(15)2/h3-5,7-8,13,15-17H,6,9-12H2,1-2H3,(H,26,27,28)/t15-,16?,17-/m0/s1. The molecule has 3 atom stereocenters. The van der Waals surface area contributed by atoms with Crippen molar-refractivity contribution in [2.24, 2.45) is 0 Å². The van der Waals surface area contributed by atoms with Gasteiger partial charge in [-0.3, -0.25) is 4.90 Å². The highest BCUT2D eigenvalue weighted by Gasteiger charge is 2.42. The van der Waals surface area contributed by atoms with Crippen molar-refractivity contribution in [3.8, 4) is 11.5 Å². The Bertz CT molecular complexity index is 1190. The fourth-order valence-corrected chi connectivity index (χ4v) is 5.16. The van der Waals surface area contributed by atoms with Crippen LogP contribution in [0.3, 0.4) is 0 Å². The SMILES string of the molecule is Cc1cccc(Nc2ncnc3cc4c(cc23)O[C@@H](CN2C[C@@H]3CC2CN3C)CO4)c1F. The first kappa shape index (κ1) is 19.7. The van der Waals surface area contributed by atoms with Gasteiger partial charge in [0.05, 0.1) is 11.2 Å². The largest absolute Gasteiger partial charge is 0.486 e. The molecule has 1 aromatic heterocycles. The fourth-order valence-electron chi connectivity index (χ4n) is 5.16. The van der Waals surface area contributed by atoms with Gasteiger partial charge in [-0.2, -0.15) is 0 Å². The van der Waals surface area contributed by atoms with Crippen molar-refractivity contribution in [2.45, 2.75) is 31.5 Å². The quantitative estimate of drug-likeness (QED) is 0.674. The minimum absolute atomic E-state index is 0.0279. The molecule has 6 rings (SSSR count). The van der Waals surface area contributed by atoms with E-state index < -0.39 is 0 Å². The predicted molar refractivity (Wildman–Crippen MR) is 120 cm³/mol. The summed E-state index contributed by atoms with van der Waals surface area (Å²) in [6.07, 6.45) is 2.68. The Kier molecular flexibility index (Phi) is 4.66. The van der Waals surface area contributed by atoms with Crippen LogP contribution in [0.15, 0.2) is 36.7 Å². The molecule has 7 nitrogen and oxygen atoms in total. The van der Waals surface area contributed by atoms with E-state index in [1.54, 1.807) is 19.1 Å². The Hall–Kier alpha value is -2.97. The van der Waals surface area contributed by atoms with Crippen molar-refractivity contribution in [1.29, 1.82) is 0 Å². The van der Waals surface area contributed by atoms with Gasteiger partial charge in [-0.1, -0.05) is 12.1 Å². The second kappa shape index (κ2) is 7.56. The lowest BCUT2D eigenvalue weighted by Gasteiger charge is -2.35. The molecule has 3 aromatic rings. The average Bonchev–Trinajstić information content (AvgIpc) is 3.35. The van der Waals surface area contributed by atoms with Gasteiger partial charge in [0.25, 0.3) is 0 Å². The average molecular weight is 436 g/mol. The summed E-state index contributed by atoms with van der Waals surface area (Å²) in [5, 5.41) is 3.88. The number of aromatic nitrogens is 2. The molecule has 1 unspecified atom stereocenters. The maximum absolute atomic E-state index is 14.5. The zero-order valence-electron chi connectivity index (χ0n) is 18.2. The van der Waals surface area contributed by atoms with Crippen LogP contribution in [-0.2, 0) is 0 Å². The predicted octanol–water partition coefficient (Wildman–Crippen LogP) is 3.35. The summed E-state index contributed by atoms with van der Waals surface area (Å²) in [6.45, 7) is 5.34. The number of nitrogens with one attached hydrogen (secondary N) is 1. The number of ether oxygens (including phenoxy) is 2. The molecule has 0 aliphatic carbocycles. The molecular weight excluding hydrogens is 409 g/mol. The van der Waals surface area contributed by atoms with Gasteiger partial charge in [-0.25, -0.2) is 14.4 Å². The molecule has 2 fully saturated rings. The van der Waals surface area contributed by atoms with Crippen molar-refractivity contribution < 1.29 is 13.9 Å². The minimum Gasteiger partial charge on any atom is -0.486 e. The van der Waals surface area contributed by atoms with E-state index in [1.165, 1.54) is 12.7 Å². The highest BCUT2D eigenvalue weighted by atomic mass is 19.1. The first-order valence-corrected chi connectivity index (χ1v) is 11.1. The first-order chi connectivity index (χ1) is 15.5. The Morgan fingerprint density at radius 1 is 1.16 bits per heavy atom. The Morgan fingerprint density at radius 2 is 2.06 bits per heavy atom. The molecule has 2 bridgehead atoms. The summed E-state index contributed by atoms with van der Waals surface area (Å²) >= 11 is 0. The van der Waals surface area contributed by atoms with Crippen LogP contribution in [-0.4, -0.2) is 71.2 Å². The van der Waals surface area contributed by atoms with Crippen LogP contribution < -0.4 is 14.8 Å². The van der Waals surface area contributed by atoms with E-state index in [0.717, 1.165) is 30.5 Å². The summed E-state index contributed by atoms with van der Waals surface area (Å²) in [7, 11) is 2.21. The molecule has 0 amide bonds. The number of benzene rings is 2. The van der Waals surface area contributed by atoms with E-state index in [-0.39, 0.29) is 11.9 Å². The van der Waals surface area contributed by atoms with Crippen LogP contribution in [0.1, 0.15) is 12.0 Å². The molecular formula is C24H26FN5O2. The monoisotopic (exact) mass is 435 g/mol. The third-order valence-corrected chi connectivity index (χ3v) is 6.93. The van der Waals surface area contributed by atoms with Gasteiger partial charge in [0.15, 0.2) is 11.5 Å². The van der Waals surface area contributed by atoms with Gasteiger partial charge in [0.1, 0.15) is 30.7 Å². The summed E-state index contributed by atoms with van der Waals surface area (Å²) in [4.78, 5) is 13.7. The number of piperazine rings is 1. The summed E-state index contributed by atoms with van der Waals surface area (Å²) in [5.41, 5.74) is 1.68. The number of fused-ring (bicyclic) bond motifs is 4. The number of hydrogen-bond donors (Lipinski definition) is 1. The molecule has 4 heterocycles. The van der Waals surface area contributed by atoms with E-state index in [1.807, 2.05) is 18.2 Å². The van der Waals surface area contributed by atoms with Crippen molar-refractivity contribution in [2.75, 3.05) is 38.6 Å². The number of rotatable bonds is 4. The van der Waals surface area contributed by atoms with Crippen molar-refractivity contribution in [3.63, 3.8) is 0 Å². The van der Waals surface area contributed by atoms with E-state index >= 15 is 0 Å². The van der Waals surface area contributed by atoms with E-state index in [0.29, 0.717) is 47.3 Å². The topological polar surface area (TPSA) is 62.8 Å². The molecule has 0 radical (unpaired) electrons. The molecule has 0 saturated carbocycles. The van der Waals surface area contributed by atoms with Crippen LogP contribution in [0.5, 0.6) is 11.5 Å². The van der Waals surface area contributed by atoms with Crippen molar-refractivity contribution >= 4 is 22.4 Å². The number of likely N-dealkylation sites (N-methyl/N-ethyl adjacent to an activating group) is 1. The highest BCUT2D eigenvalue weighted by molar-refractivity contribution is 5.93. The van der Waals surface area contributed by atoms with Crippen LogP contribution in [0.25, 0.3) is 10.9 Å². The van der Waals surface area contributed by atoms with Crippen molar-refractivity contribution in [3.05, 3.63) is 48.0 Å². The second-order valence-electron chi connectivity index (χ2n) is 9.09. The van der Waals surface area contributed by atoms with Gasteiger partial charge in [-0.05, 0) is 38.1 Å². The van der Waals surface area contributed by atoms with Crippen LogP contribution in [0.4, 0.5) is 15.9 Å². The molecule has 1 N–H and O–H groups in total. The maximum Gasteiger partial charge on any atom is 0.163 e. The second-order valence-corrected chi connectivity index (χ2v) is 9.09. The number of likely N-dealkylation sites (tertiary alicyclic amines) is 2. The van der Waals surface area contributed by atoms with E-state index in [2.05, 4.69) is 32.1 Å². The molecule has 2 aromatic carbocycles. The molecule has 3 aliphatic rings. The lowest BCUT2D eigenvalue weighted by Crippen LogP contribution is -2.49. The van der Waals surface area contributed by atoms with Crippen molar-refractivity contribution in [1.82, 2.24) is 19.8 Å². The Balaban J connectivity index is 1.26.